The molecule has 0 aromatic carbocycles. The summed E-state index contributed by atoms with van der Waals surface area (Å²) in [5.41, 5.74) is 2.37. The normalized spacial score (nSPS) is 19.2. The third-order valence-electron chi connectivity index (χ3n) is 5.03. The molecular formula is C17H24N6O. The molecule has 1 saturated heterocycles. The first-order chi connectivity index (χ1) is 11.8. The van der Waals surface area contributed by atoms with Gasteiger partial charge in [0.05, 0.1) is 31.1 Å². The summed E-state index contributed by atoms with van der Waals surface area (Å²) in [5, 5.41) is 4.71. The number of ether oxygens (including phenoxy) is 1. The lowest BCUT2D eigenvalue weighted by Crippen LogP contribution is -2.43. The van der Waals surface area contributed by atoms with Crippen LogP contribution in [0.5, 0.6) is 0 Å². The van der Waals surface area contributed by atoms with Crippen LogP contribution in [0.2, 0.25) is 0 Å². The predicted molar refractivity (Wildman–Crippen MR) is 90.6 cm³/mol. The van der Waals surface area contributed by atoms with E-state index in [0.29, 0.717) is 12.6 Å². The molecule has 4 heterocycles. The minimum absolute atomic E-state index is 0.541. The molecule has 2 aliphatic rings. The van der Waals surface area contributed by atoms with E-state index in [1.54, 1.807) is 12.5 Å². The Labute approximate surface area is 142 Å². The highest BCUT2D eigenvalue weighted by atomic mass is 16.5. The van der Waals surface area contributed by atoms with Crippen molar-refractivity contribution in [2.24, 2.45) is 0 Å². The topological polar surface area (TPSA) is 59.3 Å². The van der Waals surface area contributed by atoms with Gasteiger partial charge in [0, 0.05) is 38.9 Å². The van der Waals surface area contributed by atoms with Gasteiger partial charge in [-0.1, -0.05) is 0 Å². The fraction of sp³-hybridized carbons (Fsp3) is 0.588. The molecule has 0 bridgehead atoms. The summed E-state index contributed by atoms with van der Waals surface area (Å²) in [5.74, 6) is 1.00. The second-order valence-corrected chi connectivity index (χ2v) is 6.59. The van der Waals surface area contributed by atoms with Crippen LogP contribution in [-0.2, 0) is 24.4 Å². The smallest absolute Gasteiger partial charge is 0.131 e. The number of nitrogens with zero attached hydrogens (tertiary/aromatic N) is 6. The summed E-state index contributed by atoms with van der Waals surface area (Å²) in [4.78, 5) is 13.1. The zero-order chi connectivity index (χ0) is 16.4. The molecule has 2 aromatic rings. The van der Waals surface area contributed by atoms with E-state index in [4.69, 9.17) is 9.84 Å². The molecule has 4 rings (SSSR count). The first-order valence-electron chi connectivity index (χ1n) is 8.64. The Hall–Kier alpha value is -1.99. The Morgan fingerprint density at radius 3 is 2.92 bits per heavy atom. The third kappa shape index (κ3) is 3.27. The van der Waals surface area contributed by atoms with Crippen molar-refractivity contribution in [3.8, 4) is 0 Å². The van der Waals surface area contributed by atoms with Crippen molar-refractivity contribution >= 4 is 5.82 Å². The fourth-order valence-electron chi connectivity index (χ4n) is 3.60. The first-order valence-corrected chi connectivity index (χ1v) is 8.64. The van der Waals surface area contributed by atoms with Crippen LogP contribution in [0, 0.1) is 0 Å². The van der Waals surface area contributed by atoms with Crippen molar-refractivity contribution < 1.29 is 4.74 Å². The van der Waals surface area contributed by atoms with E-state index in [9.17, 15) is 0 Å². The number of likely N-dealkylation sites (tertiary alicyclic amines) is 1. The lowest BCUT2D eigenvalue weighted by Gasteiger charge is -2.36. The molecule has 0 N–H and O–H groups in total. The maximum absolute atomic E-state index is 5.49. The molecule has 0 radical (unpaired) electrons. The average Bonchev–Trinajstić information content (AvgIpc) is 3.05. The van der Waals surface area contributed by atoms with Crippen molar-refractivity contribution in [3.05, 3.63) is 36.0 Å². The molecule has 0 amide bonds. The van der Waals surface area contributed by atoms with Gasteiger partial charge in [0.2, 0.25) is 0 Å². The van der Waals surface area contributed by atoms with E-state index in [-0.39, 0.29) is 0 Å². The number of piperidine rings is 1. The van der Waals surface area contributed by atoms with Crippen LogP contribution >= 0.6 is 0 Å². The largest absolute Gasteiger partial charge is 0.373 e. The lowest BCUT2D eigenvalue weighted by atomic mass is 10.0. The molecule has 7 nitrogen and oxygen atoms in total. The van der Waals surface area contributed by atoms with Gasteiger partial charge in [0.1, 0.15) is 12.1 Å². The summed E-state index contributed by atoms with van der Waals surface area (Å²) >= 11 is 0. The molecule has 2 aliphatic heterocycles. The van der Waals surface area contributed by atoms with Gasteiger partial charge in [-0.25, -0.2) is 9.97 Å². The van der Waals surface area contributed by atoms with Crippen molar-refractivity contribution in [1.82, 2.24) is 24.6 Å². The minimum Gasteiger partial charge on any atom is -0.373 e. The number of hydrogen-bond donors (Lipinski definition) is 0. The van der Waals surface area contributed by atoms with Crippen molar-refractivity contribution in [2.75, 3.05) is 31.6 Å². The summed E-state index contributed by atoms with van der Waals surface area (Å²) in [6.07, 6.45) is 5.72. The Morgan fingerprint density at radius 2 is 2.17 bits per heavy atom. The highest BCUT2D eigenvalue weighted by molar-refractivity contribution is 5.36. The molecule has 2 aromatic heterocycles. The zero-order valence-electron chi connectivity index (χ0n) is 14.1. The van der Waals surface area contributed by atoms with Gasteiger partial charge in [0.25, 0.3) is 0 Å². The highest BCUT2D eigenvalue weighted by Crippen LogP contribution is 2.21. The summed E-state index contributed by atoms with van der Waals surface area (Å²) < 4.78 is 7.58. The predicted octanol–water partition coefficient (Wildman–Crippen LogP) is 1.30. The molecule has 1 fully saturated rings. The van der Waals surface area contributed by atoms with Gasteiger partial charge in [-0.3, -0.25) is 9.58 Å². The van der Waals surface area contributed by atoms with Gasteiger partial charge < -0.3 is 9.64 Å². The van der Waals surface area contributed by atoms with Gasteiger partial charge >= 0.3 is 0 Å². The number of aromatic nitrogens is 4. The molecule has 0 saturated carbocycles. The third-order valence-corrected chi connectivity index (χ3v) is 5.03. The van der Waals surface area contributed by atoms with Gasteiger partial charge in [-0.2, -0.15) is 5.10 Å². The minimum atomic E-state index is 0.541. The van der Waals surface area contributed by atoms with Crippen LogP contribution in [0.15, 0.2) is 24.7 Å². The number of rotatable bonds is 4. The summed E-state index contributed by atoms with van der Waals surface area (Å²) in [6.45, 7) is 5.47. The fourth-order valence-corrected chi connectivity index (χ4v) is 3.60. The number of hydrogen-bond acceptors (Lipinski definition) is 6. The zero-order valence-corrected chi connectivity index (χ0v) is 14.1. The quantitative estimate of drug-likeness (QED) is 0.843. The molecule has 7 heteroatoms. The molecule has 0 unspecified atom stereocenters. The van der Waals surface area contributed by atoms with Crippen LogP contribution in [0.25, 0.3) is 0 Å². The van der Waals surface area contributed by atoms with Crippen molar-refractivity contribution in [1.29, 1.82) is 0 Å². The van der Waals surface area contributed by atoms with Crippen molar-refractivity contribution in [2.45, 2.75) is 38.6 Å². The maximum atomic E-state index is 5.49. The van der Waals surface area contributed by atoms with E-state index in [1.165, 1.54) is 5.69 Å². The molecule has 128 valence electrons. The SMILES string of the molecule is CN(c1ccncn1)C1CCN(Cc2cc3n(n2)CCOC3)CC1. The van der Waals surface area contributed by atoms with Crippen LogP contribution in [0.1, 0.15) is 24.2 Å². The van der Waals surface area contributed by atoms with E-state index in [0.717, 1.165) is 57.1 Å². The monoisotopic (exact) mass is 328 g/mol. The average molecular weight is 328 g/mol. The standard InChI is InChI=1S/C17H24N6O/c1-21(17-2-5-18-13-19-17)15-3-6-22(7-4-15)11-14-10-16-12-24-9-8-23(16)20-14/h2,5,10,13,15H,3-4,6-9,11-12H2,1H3. The van der Waals surface area contributed by atoms with Crippen LogP contribution in [0.3, 0.4) is 0 Å². The Bertz CT molecular complexity index is 641. The van der Waals surface area contributed by atoms with E-state index < -0.39 is 0 Å². The number of anilines is 1. The summed E-state index contributed by atoms with van der Waals surface area (Å²) in [6, 6.07) is 4.71. The van der Waals surface area contributed by atoms with Gasteiger partial charge in [0.15, 0.2) is 0 Å². The molecule has 0 atom stereocenters. The Kier molecular flexibility index (Phi) is 4.44. The molecule has 0 aliphatic carbocycles. The van der Waals surface area contributed by atoms with E-state index in [2.05, 4.69) is 37.6 Å². The maximum Gasteiger partial charge on any atom is 0.131 e. The van der Waals surface area contributed by atoms with Crippen molar-refractivity contribution in [3.63, 3.8) is 0 Å². The Morgan fingerprint density at radius 1 is 1.29 bits per heavy atom. The number of fused-ring (bicyclic) bond motifs is 1. The second kappa shape index (κ2) is 6.86. The lowest BCUT2D eigenvalue weighted by molar-refractivity contribution is 0.0799. The first kappa shape index (κ1) is 15.5. The van der Waals surface area contributed by atoms with Crippen LogP contribution in [-0.4, -0.2) is 57.4 Å². The van der Waals surface area contributed by atoms with Crippen LogP contribution < -0.4 is 4.90 Å². The van der Waals surface area contributed by atoms with E-state index >= 15 is 0 Å². The molecule has 0 spiro atoms. The van der Waals surface area contributed by atoms with Crippen LogP contribution in [0.4, 0.5) is 5.82 Å². The van der Waals surface area contributed by atoms with Gasteiger partial charge in [-0.05, 0) is 25.0 Å². The summed E-state index contributed by atoms with van der Waals surface area (Å²) in [7, 11) is 2.13. The van der Waals surface area contributed by atoms with E-state index in [1.807, 2.05) is 6.07 Å². The highest BCUT2D eigenvalue weighted by Gasteiger charge is 2.24. The van der Waals surface area contributed by atoms with Gasteiger partial charge in [-0.15, -0.1) is 0 Å². The second-order valence-electron chi connectivity index (χ2n) is 6.59. The molecular weight excluding hydrogens is 304 g/mol. The Balaban J connectivity index is 1.32. The molecule has 24 heavy (non-hydrogen) atoms.